The smallest absolute Gasteiger partial charge is 0.326 e. The second-order valence-corrected chi connectivity index (χ2v) is 7.26. The van der Waals surface area contributed by atoms with Crippen LogP contribution in [0.5, 0.6) is 0 Å². The van der Waals surface area contributed by atoms with E-state index in [0.29, 0.717) is 22.9 Å². The van der Waals surface area contributed by atoms with Gasteiger partial charge in [-0.1, -0.05) is 12.8 Å². The van der Waals surface area contributed by atoms with Crippen LogP contribution in [0.4, 0.5) is 0 Å². The van der Waals surface area contributed by atoms with Crippen molar-refractivity contribution in [2.24, 2.45) is 5.92 Å². The SMILES string of the molecule is Cc1nc(C)c(C(=O)N2[C@H](C(=O)O)C[C@H]3CCCC[C@@H]32)s1. The number of rotatable bonds is 2. The first-order valence-corrected chi connectivity index (χ1v) is 8.30. The Hall–Kier alpha value is -1.43. The largest absolute Gasteiger partial charge is 0.480 e. The Kier molecular flexibility index (Phi) is 3.73. The lowest BCUT2D eigenvalue weighted by Crippen LogP contribution is -2.46. The molecule has 6 heteroatoms. The van der Waals surface area contributed by atoms with E-state index in [-0.39, 0.29) is 11.9 Å². The molecule has 21 heavy (non-hydrogen) atoms. The predicted molar refractivity (Wildman–Crippen MR) is 79.5 cm³/mol. The molecule has 2 fully saturated rings. The molecule has 1 N–H and O–H groups in total. The van der Waals surface area contributed by atoms with E-state index in [1.54, 1.807) is 4.90 Å². The van der Waals surface area contributed by atoms with Gasteiger partial charge in [0.1, 0.15) is 10.9 Å². The Morgan fingerprint density at radius 3 is 2.62 bits per heavy atom. The number of nitrogens with zero attached hydrogens (tertiary/aromatic N) is 2. The van der Waals surface area contributed by atoms with Crippen LogP contribution in [0, 0.1) is 19.8 Å². The molecule has 5 nitrogen and oxygen atoms in total. The third-order valence-corrected chi connectivity index (χ3v) is 5.77. The van der Waals surface area contributed by atoms with Gasteiger partial charge in [-0.15, -0.1) is 11.3 Å². The highest BCUT2D eigenvalue weighted by molar-refractivity contribution is 7.13. The highest BCUT2D eigenvalue weighted by Crippen LogP contribution is 2.41. The zero-order chi connectivity index (χ0) is 15.1. The maximum atomic E-state index is 12.9. The molecular formula is C15H20N2O3S. The van der Waals surface area contributed by atoms with E-state index in [1.165, 1.54) is 11.3 Å². The summed E-state index contributed by atoms with van der Waals surface area (Å²) in [6.07, 6.45) is 4.80. The summed E-state index contributed by atoms with van der Waals surface area (Å²) < 4.78 is 0. The molecular weight excluding hydrogens is 288 g/mol. The number of amides is 1. The maximum Gasteiger partial charge on any atom is 0.326 e. The van der Waals surface area contributed by atoms with Gasteiger partial charge in [-0.2, -0.15) is 0 Å². The summed E-state index contributed by atoms with van der Waals surface area (Å²) in [6, 6.07) is -0.582. The number of carboxylic acids is 1. The van der Waals surface area contributed by atoms with Crippen molar-refractivity contribution >= 4 is 23.2 Å². The normalized spacial score (nSPS) is 28.5. The first-order valence-electron chi connectivity index (χ1n) is 7.48. The Morgan fingerprint density at radius 1 is 1.29 bits per heavy atom. The van der Waals surface area contributed by atoms with Gasteiger partial charge in [0.05, 0.1) is 10.7 Å². The van der Waals surface area contributed by atoms with E-state index in [2.05, 4.69) is 4.98 Å². The van der Waals surface area contributed by atoms with Crippen LogP contribution >= 0.6 is 11.3 Å². The van der Waals surface area contributed by atoms with E-state index in [9.17, 15) is 14.7 Å². The molecule has 2 heterocycles. The number of likely N-dealkylation sites (tertiary alicyclic amines) is 1. The number of thiazole rings is 1. The zero-order valence-corrected chi connectivity index (χ0v) is 13.2. The second kappa shape index (κ2) is 5.40. The van der Waals surface area contributed by atoms with Crippen molar-refractivity contribution in [3.8, 4) is 0 Å². The van der Waals surface area contributed by atoms with Gasteiger partial charge in [0.15, 0.2) is 0 Å². The molecule has 0 radical (unpaired) electrons. The molecule has 3 atom stereocenters. The number of carbonyl (C=O) groups excluding carboxylic acids is 1. The molecule has 0 bridgehead atoms. The van der Waals surface area contributed by atoms with Crippen LogP contribution in [-0.4, -0.2) is 39.0 Å². The topological polar surface area (TPSA) is 70.5 Å². The minimum Gasteiger partial charge on any atom is -0.480 e. The molecule has 1 saturated heterocycles. The lowest BCUT2D eigenvalue weighted by Gasteiger charge is -2.32. The lowest BCUT2D eigenvalue weighted by atomic mass is 9.85. The number of hydrogen-bond donors (Lipinski definition) is 1. The number of aliphatic carboxylic acids is 1. The number of carboxylic acid groups (broad SMARTS) is 1. The second-order valence-electron chi connectivity index (χ2n) is 6.06. The molecule has 0 aromatic carbocycles. The molecule has 1 aromatic heterocycles. The molecule has 1 aliphatic heterocycles. The van der Waals surface area contributed by atoms with E-state index < -0.39 is 12.0 Å². The Labute approximate surface area is 128 Å². The maximum absolute atomic E-state index is 12.9. The first kappa shape index (κ1) is 14.5. The average molecular weight is 308 g/mol. The Balaban J connectivity index is 1.94. The molecule has 1 amide bonds. The van der Waals surface area contributed by atoms with Crippen LogP contribution in [0.3, 0.4) is 0 Å². The minimum atomic E-state index is -0.878. The van der Waals surface area contributed by atoms with Crippen molar-refractivity contribution in [3.05, 3.63) is 15.6 Å². The molecule has 1 aliphatic carbocycles. The molecule has 0 unspecified atom stereocenters. The standard InChI is InChI=1S/C15H20N2O3S/c1-8-13(21-9(2)16-8)14(18)17-11-6-4-3-5-10(11)7-12(17)15(19)20/h10-12H,3-7H2,1-2H3,(H,19,20)/t10-,11+,12+/m1/s1. The third-order valence-electron chi connectivity index (χ3n) is 4.71. The van der Waals surface area contributed by atoms with Crippen molar-refractivity contribution < 1.29 is 14.7 Å². The number of fused-ring (bicyclic) bond motifs is 1. The summed E-state index contributed by atoms with van der Waals surface area (Å²) >= 11 is 1.37. The van der Waals surface area contributed by atoms with Crippen LogP contribution in [0.1, 0.15) is 52.5 Å². The molecule has 2 aliphatic rings. The summed E-state index contributed by atoms with van der Waals surface area (Å²) in [5, 5.41) is 10.3. The van der Waals surface area contributed by atoms with Gasteiger partial charge in [0, 0.05) is 6.04 Å². The van der Waals surface area contributed by atoms with E-state index >= 15 is 0 Å². The van der Waals surface area contributed by atoms with Gasteiger partial charge in [-0.05, 0) is 39.0 Å². The lowest BCUT2D eigenvalue weighted by molar-refractivity contribution is -0.141. The minimum absolute atomic E-state index is 0.0918. The molecule has 1 aromatic rings. The van der Waals surface area contributed by atoms with Crippen molar-refractivity contribution in [1.29, 1.82) is 0 Å². The highest BCUT2D eigenvalue weighted by atomic mass is 32.1. The molecule has 114 valence electrons. The van der Waals surface area contributed by atoms with Crippen molar-refractivity contribution in [2.75, 3.05) is 0 Å². The highest BCUT2D eigenvalue weighted by Gasteiger charge is 2.48. The summed E-state index contributed by atoms with van der Waals surface area (Å²) in [5.41, 5.74) is 0.714. The molecule has 0 spiro atoms. The Morgan fingerprint density at radius 2 is 2.00 bits per heavy atom. The van der Waals surface area contributed by atoms with Crippen molar-refractivity contribution in [3.63, 3.8) is 0 Å². The number of hydrogen-bond acceptors (Lipinski definition) is 4. The van der Waals surface area contributed by atoms with Crippen molar-refractivity contribution in [2.45, 2.75) is 58.0 Å². The molecule has 3 rings (SSSR count). The Bertz CT molecular complexity index is 583. The molecule has 1 saturated carbocycles. The van der Waals surface area contributed by atoms with Crippen LogP contribution in [0.25, 0.3) is 0 Å². The fourth-order valence-electron chi connectivity index (χ4n) is 3.82. The van der Waals surface area contributed by atoms with Crippen LogP contribution in [0.2, 0.25) is 0 Å². The first-order chi connectivity index (χ1) is 9.99. The van der Waals surface area contributed by atoms with E-state index in [0.717, 1.165) is 30.7 Å². The van der Waals surface area contributed by atoms with Gasteiger partial charge in [-0.3, -0.25) is 4.79 Å². The van der Waals surface area contributed by atoms with Gasteiger partial charge in [0.2, 0.25) is 0 Å². The van der Waals surface area contributed by atoms with Gasteiger partial charge < -0.3 is 10.0 Å². The fraction of sp³-hybridized carbons (Fsp3) is 0.667. The number of carbonyl (C=O) groups is 2. The van der Waals surface area contributed by atoms with Crippen LogP contribution < -0.4 is 0 Å². The summed E-state index contributed by atoms with van der Waals surface area (Å²) in [4.78, 5) is 31.0. The number of aryl methyl sites for hydroxylation is 2. The fourth-order valence-corrected chi connectivity index (χ4v) is 4.68. The van der Waals surface area contributed by atoms with E-state index in [4.69, 9.17) is 0 Å². The van der Waals surface area contributed by atoms with Crippen molar-refractivity contribution in [1.82, 2.24) is 9.88 Å². The number of aromatic nitrogens is 1. The van der Waals surface area contributed by atoms with Gasteiger partial charge in [0.25, 0.3) is 5.91 Å². The van der Waals surface area contributed by atoms with Gasteiger partial charge in [-0.25, -0.2) is 9.78 Å². The average Bonchev–Trinajstić information content (AvgIpc) is 2.98. The monoisotopic (exact) mass is 308 g/mol. The quantitative estimate of drug-likeness (QED) is 0.911. The van der Waals surface area contributed by atoms with Gasteiger partial charge >= 0.3 is 5.97 Å². The van der Waals surface area contributed by atoms with Crippen LogP contribution in [0.15, 0.2) is 0 Å². The zero-order valence-electron chi connectivity index (χ0n) is 12.3. The summed E-state index contributed by atoms with van der Waals surface area (Å²) in [5.74, 6) is -0.672. The van der Waals surface area contributed by atoms with E-state index in [1.807, 2.05) is 13.8 Å². The predicted octanol–water partition coefficient (Wildman–Crippen LogP) is 2.62. The summed E-state index contributed by atoms with van der Waals surface area (Å²) in [7, 11) is 0. The summed E-state index contributed by atoms with van der Waals surface area (Å²) in [6.45, 7) is 3.69. The van der Waals surface area contributed by atoms with Crippen LogP contribution in [-0.2, 0) is 4.79 Å². The third kappa shape index (κ3) is 2.46.